The fourth-order valence-electron chi connectivity index (χ4n) is 3.09. The smallest absolute Gasteiger partial charge is 0.191 e. The zero-order valence-electron chi connectivity index (χ0n) is 20.5. The zero-order valence-corrected chi connectivity index (χ0v) is 23.9. The first-order valence-electron chi connectivity index (χ1n) is 11.4. The van der Waals surface area contributed by atoms with Crippen molar-refractivity contribution in [2.45, 2.75) is 71.7 Å². The van der Waals surface area contributed by atoms with Crippen LogP contribution in [0, 0.1) is 5.92 Å². The lowest BCUT2D eigenvalue weighted by Crippen LogP contribution is -2.41. The van der Waals surface area contributed by atoms with Crippen molar-refractivity contribution in [3.05, 3.63) is 69.2 Å². The highest BCUT2D eigenvalue weighted by Crippen LogP contribution is 2.37. The average Bonchev–Trinajstić information content (AvgIpc) is 2.68. The van der Waals surface area contributed by atoms with Crippen LogP contribution < -0.4 is 4.74 Å². The molecule has 0 fully saturated rings. The van der Waals surface area contributed by atoms with E-state index in [1.165, 1.54) is 5.56 Å². The Kier molecular flexibility index (Phi) is 10.1. The molecule has 0 heterocycles. The van der Waals surface area contributed by atoms with Gasteiger partial charge in [0.05, 0.1) is 11.1 Å². The molecule has 0 N–H and O–H groups in total. The minimum absolute atomic E-state index is 0.102. The van der Waals surface area contributed by atoms with Crippen LogP contribution in [0.25, 0.3) is 6.08 Å². The summed E-state index contributed by atoms with van der Waals surface area (Å²) >= 11 is 9.96. The monoisotopic (exact) mass is 536 g/mol. The van der Waals surface area contributed by atoms with Gasteiger partial charge in [0, 0.05) is 11.1 Å². The molecule has 176 valence electrons. The summed E-state index contributed by atoms with van der Waals surface area (Å²) in [6.07, 6.45) is 6.53. The Morgan fingerprint density at radius 3 is 2.28 bits per heavy atom. The van der Waals surface area contributed by atoms with Crippen molar-refractivity contribution in [3.8, 4) is 5.75 Å². The summed E-state index contributed by atoms with van der Waals surface area (Å²) in [5, 5.41) is 0.868. The summed E-state index contributed by atoms with van der Waals surface area (Å²) in [7, 11) is -1.75. The van der Waals surface area contributed by atoms with E-state index in [0.29, 0.717) is 10.9 Å². The van der Waals surface area contributed by atoms with Crippen LogP contribution in [0.2, 0.25) is 23.2 Å². The van der Waals surface area contributed by atoms with Crippen molar-refractivity contribution >= 4 is 41.9 Å². The number of ether oxygens (including phenoxy) is 1. The Labute approximate surface area is 209 Å². The summed E-state index contributed by atoms with van der Waals surface area (Å²) in [6, 6.07) is 14.6. The molecule has 0 saturated carbocycles. The highest BCUT2D eigenvalue weighted by Gasteiger charge is 2.36. The molecule has 0 unspecified atom stereocenters. The first-order valence-corrected chi connectivity index (χ1v) is 15.5. The number of halogens is 2. The second-order valence-corrected chi connectivity index (χ2v) is 16.3. The minimum Gasteiger partial charge on any atom is -0.489 e. The topological polar surface area (TPSA) is 18.5 Å². The van der Waals surface area contributed by atoms with E-state index >= 15 is 0 Å². The van der Waals surface area contributed by atoms with Gasteiger partial charge in [0.2, 0.25) is 0 Å². The van der Waals surface area contributed by atoms with Gasteiger partial charge in [0.25, 0.3) is 0 Å². The molecular weight excluding hydrogens is 500 g/mol. The molecule has 0 bridgehead atoms. The van der Waals surface area contributed by atoms with Gasteiger partial charge in [-0.15, -0.1) is 0 Å². The maximum absolute atomic E-state index is 6.46. The van der Waals surface area contributed by atoms with Gasteiger partial charge in [-0.1, -0.05) is 78.7 Å². The highest BCUT2D eigenvalue weighted by atomic mass is 79.9. The van der Waals surface area contributed by atoms with E-state index in [-0.39, 0.29) is 11.1 Å². The standard InChI is InChI=1S/C27H38BrClO2Si/c1-20(2)31-26-15-12-22(19-25(26)29)8-9-23(18-21-10-13-24(28)14-11-21)16-17-30-32(6,7)27(3,4)5/h8-15,19-20,23H,16-18H2,1-7H3/b9-8+/t23-/m1/s1. The van der Waals surface area contributed by atoms with Crippen LogP contribution in [0.15, 0.2) is 53.0 Å². The molecule has 0 aromatic heterocycles. The molecule has 5 heteroatoms. The van der Waals surface area contributed by atoms with E-state index in [0.717, 1.165) is 35.2 Å². The van der Waals surface area contributed by atoms with E-state index in [2.05, 4.69) is 92.3 Å². The van der Waals surface area contributed by atoms with E-state index < -0.39 is 8.32 Å². The molecule has 2 aromatic carbocycles. The summed E-state index contributed by atoms with van der Waals surface area (Å²) in [4.78, 5) is 0. The van der Waals surface area contributed by atoms with Crippen molar-refractivity contribution < 1.29 is 9.16 Å². The maximum Gasteiger partial charge on any atom is 0.191 e. The largest absolute Gasteiger partial charge is 0.489 e. The third-order valence-electron chi connectivity index (χ3n) is 6.05. The fourth-order valence-corrected chi connectivity index (χ4v) is 4.65. The normalized spacial score (nSPS) is 13.7. The highest BCUT2D eigenvalue weighted by molar-refractivity contribution is 9.10. The quantitative estimate of drug-likeness (QED) is 0.281. The lowest BCUT2D eigenvalue weighted by Gasteiger charge is -2.36. The molecule has 2 aromatic rings. The van der Waals surface area contributed by atoms with E-state index in [1.54, 1.807) is 0 Å². The predicted molar refractivity (Wildman–Crippen MR) is 145 cm³/mol. The summed E-state index contributed by atoms with van der Waals surface area (Å²) in [6.45, 7) is 16.3. The van der Waals surface area contributed by atoms with Crippen LogP contribution in [0.3, 0.4) is 0 Å². The van der Waals surface area contributed by atoms with Crippen LogP contribution in [0.4, 0.5) is 0 Å². The molecule has 0 aliphatic heterocycles. The lowest BCUT2D eigenvalue weighted by molar-refractivity contribution is 0.242. The Bertz CT molecular complexity index is 886. The van der Waals surface area contributed by atoms with Crippen LogP contribution in [-0.4, -0.2) is 21.0 Å². The molecule has 1 atom stereocenters. The van der Waals surface area contributed by atoms with Gasteiger partial charge in [0.15, 0.2) is 8.32 Å². The van der Waals surface area contributed by atoms with Gasteiger partial charge in [-0.05, 0) is 86.1 Å². The number of allylic oxidation sites excluding steroid dienone is 1. The molecule has 0 spiro atoms. The van der Waals surface area contributed by atoms with Gasteiger partial charge < -0.3 is 9.16 Å². The second kappa shape index (κ2) is 11.9. The maximum atomic E-state index is 6.46. The average molecular weight is 538 g/mol. The molecule has 0 amide bonds. The van der Waals surface area contributed by atoms with Crippen LogP contribution >= 0.6 is 27.5 Å². The molecule has 0 aliphatic rings. The number of hydrogen-bond donors (Lipinski definition) is 0. The molecule has 0 aliphatic carbocycles. The number of rotatable bonds is 10. The molecule has 0 saturated heterocycles. The Hall–Kier alpha value is -1.07. The molecular formula is C27H38BrClO2Si. The van der Waals surface area contributed by atoms with Crippen LogP contribution in [-0.2, 0) is 10.8 Å². The van der Waals surface area contributed by atoms with E-state index in [1.807, 2.05) is 26.0 Å². The third kappa shape index (κ3) is 8.70. The van der Waals surface area contributed by atoms with Gasteiger partial charge >= 0.3 is 0 Å². The Morgan fingerprint density at radius 2 is 1.72 bits per heavy atom. The summed E-state index contributed by atoms with van der Waals surface area (Å²) in [5.41, 5.74) is 2.41. The SMILES string of the molecule is CC(C)Oc1ccc(/C=C/[C@H](CCO[Si](C)(C)C(C)(C)C)Cc2ccc(Br)cc2)cc1Cl. The Balaban J connectivity index is 2.13. The van der Waals surface area contributed by atoms with Gasteiger partial charge in [-0.3, -0.25) is 0 Å². The first-order chi connectivity index (χ1) is 14.9. The van der Waals surface area contributed by atoms with E-state index in [4.69, 9.17) is 20.8 Å². The number of benzene rings is 2. The second-order valence-electron chi connectivity index (χ2n) is 10.2. The third-order valence-corrected chi connectivity index (χ3v) is 11.4. The molecule has 2 nitrogen and oxygen atoms in total. The lowest BCUT2D eigenvalue weighted by atomic mass is 9.95. The van der Waals surface area contributed by atoms with E-state index in [9.17, 15) is 0 Å². The van der Waals surface area contributed by atoms with Crippen molar-refractivity contribution in [1.29, 1.82) is 0 Å². The van der Waals surface area contributed by atoms with Crippen molar-refractivity contribution in [1.82, 2.24) is 0 Å². The summed E-state index contributed by atoms with van der Waals surface area (Å²) in [5.74, 6) is 1.11. The fraction of sp³-hybridized carbons (Fsp3) is 0.481. The molecule has 2 rings (SSSR count). The molecule has 32 heavy (non-hydrogen) atoms. The predicted octanol–water partition coefficient (Wildman–Crippen LogP) is 9.17. The van der Waals surface area contributed by atoms with Gasteiger partial charge in [-0.25, -0.2) is 0 Å². The van der Waals surface area contributed by atoms with Gasteiger partial charge in [0.1, 0.15) is 5.75 Å². The van der Waals surface area contributed by atoms with Crippen LogP contribution in [0.1, 0.15) is 52.2 Å². The zero-order chi connectivity index (χ0) is 23.9. The van der Waals surface area contributed by atoms with Crippen LogP contribution in [0.5, 0.6) is 5.75 Å². The number of hydrogen-bond acceptors (Lipinski definition) is 2. The Morgan fingerprint density at radius 1 is 1.06 bits per heavy atom. The minimum atomic E-state index is -1.75. The van der Waals surface area contributed by atoms with Crippen molar-refractivity contribution in [2.75, 3.05) is 6.61 Å². The molecule has 0 radical (unpaired) electrons. The summed E-state index contributed by atoms with van der Waals surface area (Å²) < 4.78 is 13.3. The van der Waals surface area contributed by atoms with Crippen molar-refractivity contribution in [2.24, 2.45) is 5.92 Å². The van der Waals surface area contributed by atoms with Gasteiger partial charge in [-0.2, -0.15) is 0 Å². The van der Waals surface area contributed by atoms with Crippen molar-refractivity contribution in [3.63, 3.8) is 0 Å². The first kappa shape index (κ1) is 27.2.